The van der Waals surface area contributed by atoms with Crippen molar-refractivity contribution in [3.63, 3.8) is 0 Å². The minimum absolute atomic E-state index is 0.552. The fraction of sp³-hybridized carbons (Fsp3) is 0.323. The SMILES string of the molecule is CC/C(=C(\c1ccccc1)c1ccc(OCCN(C)C)cc1)c1ccccc1.CSCCC(N)C(=O)O. The highest BCUT2D eigenvalue weighted by Crippen LogP contribution is 2.34. The summed E-state index contributed by atoms with van der Waals surface area (Å²) >= 11 is 1.60. The summed E-state index contributed by atoms with van der Waals surface area (Å²) in [5.74, 6) is 0.813. The number of hydrogen-bond donors (Lipinski definition) is 2. The van der Waals surface area contributed by atoms with Crippen LogP contribution in [0.5, 0.6) is 5.75 Å². The first kappa shape index (κ1) is 30.2. The second kappa shape index (κ2) is 16.6. The van der Waals surface area contributed by atoms with E-state index in [1.807, 2.05) is 6.26 Å². The van der Waals surface area contributed by atoms with Gasteiger partial charge in [-0.1, -0.05) is 79.7 Å². The molecular formula is C31H40N2O3S. The first-order chi connectivity index (χ1) is 17.9. The fourth-order valence-electron chi connectivity index (χ4n) is 3.72. The number of ether oxygens (including phenoxy) is 1. The highest BCUT2D eigenvalue weighted by Gasteiger charge is 2.13. The Balaban J connectivity index is 0.000000458. The van der Waals surface area contributed by atoms with Crippen LogP contribution in [0.4, 0.5) is 0 Å². The Bertz CT molecular complexity index is 1080. The lowest BCUT2D eigenvalue weighted by Crippen LogP contribution is -2.30. The van der Waals surface area contributed by atoms with E-state index in [9.17, 15) is 4.79 Å². The van der Waals surface area contributed by atoms with Crippen molar-refractivity contribution in [3.05, 3.63) is 102 Å². The van der Waals surface area contributed by atoms with Crippen LogP contribution in [-0.4, -0.2) is 61.3 Å². The number of aliphatic carboxylic acids is 1. The Morgan fingerprint density at radius 2 is 1.46 bits per heavy atom. The summed E-state index contributed by atoms with van der Waals surface area (Å²) in [5, 5.41) is 8.27. The topological polar surface area (TPSA) is 75.8 Å². The van der Waals surface area contributed by atoms with E-state index in [1.54, 1.807) is 11.8 Å². The average molecular weight is 521 g/mol. The normalized spacial score (nSPS) is 12.3. The summed E-state index contributed by atoms with van der Waals surface area (Å²) in [6.45, 7) is 3.83. The van der Waals surface area contributed by atoms with Crippen molar-refractivity contribution >= 4 is 28.9 Å². The van der Waals surface area contributed by atoms with Gasteiger partial charge in [-0.2, -0.15) is 11.8 Å². The molecule has 0 aliphatic heterocycles. The molecule has 0 saturated heterocycles. The van der Waals surface area contributed by atoms with Crippen LogP contribution in [0.15, 0.2) is 84.9 Å². The van der Waals surface area contributed by atoms with Gasteiger partial charge in [0.2, 0.25) is 0 Å². The number of carboxylic acids is 1. The maximum Gasteiger partial charge on any atom is 0.320 e. The molecule has 0 radical (unpaired) electrons. The molecule has 0 aromatic heterocycles. The zero-order chi connectivity index (χ0) is 27.0. The van der Waals surface area contributed by atoms with Gasteiger partial charge in [-0.3, -0.25) is 4.79 Å². The third kappa shape index (κ3) is 10.4. The maximum atomic E-state index is 10.1. The van der Waals surface area contributed by atoms with Gasteiger partial charge in [0.1, 0.15) is 18.4 Å². The van der Waals surface area contributed by atoms with E-state index >= 15 is 0 Å². The van der Waals surface area contributed by atoms with Gasteiger partial charge in [0, 0.05) is 6.54 Å². The van der Waals surface area contributed by atoms with Gasteiger partial charge in [0.05, 0.1) is 0 Å². The van der Waals surface area contributed by atoms with Crippen LogP contribution in [-0.2, 0) is 4.79 Å². The van der Waals surface area contributed by atoms with E-state index in [-0.39, 0.29) is 0 Å². The summed E-state index contributed by atoms with van der Waals surface area (Å²) < 4.78 is 5.87. The van der Waals surface area contributed by atoms with Crippen molar-refractivity contribution < 1.29 is 14.6 Å². The number of rotatable bonds is 12. The summed E-state index contributed by atoms with van der Waals surface area (Å²) in [7, 11) is 4.11. The molecule has 3 aromatic carbocycles. The summed E-state index contributed by atoms with van der Waals surface area (Å²) in [5.41, 5.74) is 11.6. The van der Waals surface area contributed by atoms with Crippen molar-refractivity contribution in [1.29, 1.82) is 0 Å². The number of nitrogens with two attached hydrogens (primary N) is 1. The minimum atomic E-state index is -0.913. The van der Waals surface area contributed by atoms with E-state index in [4.69, 9.17) is 15.6 Å². The quantitative estimate of drug-likeness (QED) is 0.279. The van der Waals surface area contributed by atoms with Crippen LogP contribution in [0.3, 0.4) is 0 Å². The molecule has 3 rings (SSSR count). The average Bonchev–Trinajstić information content (AvgIpc) is 2.92. The minimum Gasteiger partial charge on any atom is -0.492 e. The van der Waals surface area contributed by atoms with E-state index in [0.29, 0.717) is 13.0 Å². The molecule has 0 amide bonds. The van der Waals surface area contributed by atoms with Crippen LogP contribution in [0.1, 0.15) is 36.5 Å². The van der Waals surface area contributed by atoms with Crippen LogP contribution in [0.25, 0.3) is 11.1 Å². The first-order valence-electron chi connectivity index (χ1n) is 12.6. The highest BCUT2D eigenvalue weighted by atomic mass is 32.2. The Morgan fingerprint density at radius 1 is 0.919 bits per heavy atom. The second-order valence-electron chi connectivity index (χ2n) is 8.84. The number of hydrogen-bond acceptors (Lipinski definition) is 5. The third-order valence-electron chi connectivity index (χ3n) is 5.74. The molecule has 0 fully saturated rings. The molecule has 1 atom stereocenters. The molecule has 0 saturated carbocycles. The monoisotopic (exact) mass is 520 g/mol. The largest absolute Gasteiger partial charge is 0.492 e. The Hall–Kier alpha value is -3.06. The molecule has 0 aliphatic carbocycles. The Morgan fingerprint density at radius 3 is 1.95 bits per heavy atom. The van der Waals surface area contributed by atoms with Gasteiger partial charge >= 0.3 is 5.97 Å². The highest BCUT2D eigenvalue weighted by molar-refractivity contribution is 7.98. The fourth-order valence-corrected chi connectivity index (χ4v) is 4.21. The molecule has 0 spiro atoms. The smallest absolute Gasteiger partial charge is 0.320 e. The predicted octanol–water partition coefficient (Wildman–Crippen LogP) is 6.15. The standard InChI is InChI=1S/C26H29NO.C5H11NO2S/c1-4-25(21-11-7-5-8-12-21)26(22-13-9-6-10-14-22)23-15-17-24(18-16-23)28-20-19-27(2)3;1-9-3-2-4(6)5(7)8/h5-18H,4,19-20H2,1-3H3;4H,2-3,6H2,1H3,(H,7,8)/b26-25-;. The molecule has 0 bridgehead atoms. The molecule has 6 heteroatoms. The molecular weight excluding hydrogens is 480 g/mol. The summed E-state index contributed by atoms with van der Waals surface area (Å²) in [6.07, 6.45) is 3.44. The van der Waals surface area contributed by atoms with Gasteiger partial charge < -0.3 is 20.5 Å². The number of likely N-dealkylation sites (N-methyl/N-ethyl adjacent to an activating group) is 1. The number of allylic oxidation sites excluding steroid dienone is 1. The van der Waals surface area contributed by atoms with Crippen molar-refractivity contribution in [2.24, 2.45) is 5.73 Å². The van der Waals surface area contributed by atoms with Crippen LogP contribution in [0.2, 0.25) is 0 Å². The van der Waals surface area contributed by atoms with E-state index in [2.05, 4.69) is 111 Å². The van der Waals surface area contributed by atoms with Gasteiger partial charge in [-0.05, 0) is 78.9 Å². The molecule has 3 aromatic rings. The Kier molecular flexibility index (Phi) is 13.6. The molecule has 5 nitrogen and oxygen atoms in total. The van der Waals surface area contributed by atoms with E-state index < -0.39 is 12.0 Å². The van der Waals surface area contributed by atoms with E-state index in [1.165, 1.54) is 27.8 Å². The molecule has 0 heterocycles. The van der Waals surface area contributed by atoms with Gasteiger partial charge in [-0.15, -0.1) is 0 Å². The van der Waals surface area contributed by atoms with Crippen LogP contribution in [0, 0.1) is 0 Å². The maximum absolute atomic E-state index is 10.1. The number of benzene rings is 3. The number of carboxylic acid groups (broad SMARTS) is 1. The summed E-state index contributed by atoms with van der Waals surface area (Å²) in [6, 6.07) is 29.1. The molecule has 1 unspecified atom stereocenters. The predicted molar refractivity (Wildman–Crippen MR) is 158 cm³/mol. The number of nitrogens with zero attached hydrogens (tertiary/aromatic N) is 1. The van der Waals surface area contributed by atoms with Crippen LogP contribution < -0.4 is 10.5 Å². The zero-order valence-electron chi connectivity index (χ0n) is 22.4. The van der Waals surface area contributed by atoms with Crippen molar-refractivity contribution in [3.8, 4) is 5.75 Å². The van der Waals surface area contributed by atoms with Crippen molar-refractivity contribution in [1.82, 2.24) is 4.90 Å². The lowest BCUT2D eigenvalue weighted by atomic mass is 9.88. The second-order valence-corrected chi connectivity index (χ2v) is 9.83. The molecule has 198 valence electrons. The van der Waals surface area contributed by atoms with Crippen molar-refractivity contribution in [2.45, 2.75) is 25.8 Å². The van der Waals surface area contributed by atoms with E-state index in [0.717, 1.165) is 24.5 Å². The number of carbonyl (C=O) groups is 1. The number of thioether (sulfide) groups is 1. The first-order valence-corrected chi connectivity index (χ1v) is 14.0. The summed E-state index contributed by atoms with van der Waals surface area (Å²) in [4.78, 5) is 12.2. The molecule has 3 N–H and O–H groups in total. The lowest BCUT2D eigenvalue weighted by molar-refractivity contribution is -0.138. The zero-order valence-corrected chi connectivity index (χ0v) is 23.2. The van der Waals surface area contributed by atoms with Crippen LogP contribution >= 0.6 is 11.8 Å². The van der Waals surface area contributed by atoms with Gasteiger partial charge in [0.25, 0.3) is 0 Å². The van der Waals surface area contributed by atoms with Gasteiger partial charge in [-0.25, -0.2) is 0 Å². The third-order valence-corrected chi connectivity index (χ3v) is 6.38. The lowest BCUT2D eigenvalue weighted by Gasteiger charge is -2.17. The Labute approximate surface area is 226 Å². The van der Waals surface area contributed by atoms with Crippen molar-refractivity contribution in [2.75, 3.05) is 39.3 Å². The molecule has 37 heavy (non-hydrogen) atoms. The molecule has 0 aliphatic rings. The van der Waals surface area contributed by atoms with Gasteiger partial charge in [0.15, 0.2) is 0 Å².